The molecule has 0 aliphatic carbocycles. The zero-order chi connectivity index (χ0) is 13.0. The van der Waals surface area contributed by atoms with E-state index < -0.39 is 0 Å². The minimum atomic E-state index is -0.222. The fourth-order valence-electron chi connectivity index (χ4n) is 2.14. The average molecular weight is 244 g/mol. The molecule has 0 amide bonds. The molecule has 0 saturated heterocycles. The van der Waals surface area contributed by atoms with Gasteiger partial charge in [0.25, 0.3) is 0 Å². The lowest BCUT2D eigenvalue weighted by atomic mass is 9.91. The predicted molar refractivity (Wildman–Crippen MR) is 71.1 cm³/mol. The summed E-state index contributed by atoms with van der Waals surface area (Å²) in [6.07, 6.45) is 0.657. The van der Waals surface area contributed by atoms with Crippen LogP contribution in [0.5, 0.6) is 0 Å². The summed E-state index contributed by atoms with van der Waals surface area (Å²) >= 11 is 0. The fraction of sp³-hybridized carbons (Fsp3) is 0.250. The minimum absolute atomic E-state index is 0.0201. The number of halogens is 1. The maximum Gasteiger partial charge on any atom is 0.123 e. The van der Waals surface area contributed by atoms with Crippen LogP contribution in [-0.4, -0.2) is 11.7 Å². The Labute approximate surface area is 107 Å². The Morgan fingerprint density at radius 2 is 1.83 bits per heavy atom. The van der Waals surface area contributed by atoms with Gasteiger partial charge in [0, 0.05) is 5.92 Å². The number of aliphatic hydroxyl groups excluding tert-OH is 1. The maximum absolute atomic E-state index is 13.2. The third-order valence-electron chi connectivity index (χ3n) is 3.27. The molecule has 2 aromatic rings. The first-order chi connectivity index (χ1) is 8.70. The van der Waals surface area contributed by atoms with Crippen molar-refractivity contribution in [3.05, 3.63) is 71.0 Å². The van der Waals surface area contributed by atoms with E-state index in [4.69, 9.17) is 0 Å². The monoisotopic (exact) mass is 244 g/mol. The molecule has 18 heavy (non-hydrogen) atoms. The normalized spacial score (nSPS) is 12.4. The van der Waals surface area contributed by atoms with Gasteiger partial charge in [0.05, 0.1) is 6.61 Å². The molecular weight excluding hydrogens is 227 g/mol. The van der Waals surface area contributed by atoms with Gasteiger partial charge in [0.15, 0.2) is 0 Å². The maximum atomic E-state index is 13.2. The molecule has 0 heterocycles. The van der Waals surface area contributed by atoms with E-state index in [-0.39, 0.29) is 18.3 Å². The number of benzene rings is 2. The van der Waals surface area contributed by atoms with Crippen LogP contribution in [0.4, 0.5) is 4.39 Å². The van der Waals surface area contributed by atoms with E-state index in [2.05, 4.69) is 0 Å². The zero-order valence-electron chi connectivity index (χ0n) is 10.4. The van der Waals surface area contributed by atoms with Gasteiger partial charge in [-0.15, -0.1) is 0 Å². The van der Waals surface area contributed by atoms with Crippen LogP contribution in [0.2, 0.25) is 0 Å². The van der Waals surface area contributed by atoms with Gasteiger partial charge in [0.2, 0.25) is 0 Å². The van der Waals surface area contributed by atoms with E-state index in [0.717, 1.165) is 16.7 Å². The van der Waals surface area contributed by atoms with Crippen molar-refractivity contribution in [2.24, 2.45) is 0 Å². The highest BCUT2D eigenvalue weighted by Gasteiger charge is 2.12. The number of aliphatic hydroxyl groups is 1. The van der Waals surface area contributed by atoms with Crippen molar-refractivity contribution in [2.75, 3.05) is 6.61 Å². The van der Waals surface area contributed by atoms with Crippen LogP contribution >= 0.6 is 0 Å². The minimum Gasteiger partial charge on any atom is -0.396 e. The van der Waals surface area contributed by atoms with Gasteiger partial charge in [0.1, 0.15) is 5.82 Å². The van der Waals surface area contributed by atoms with E-state index in [1.165, 1.54) is 6.07 Å². The number of hydrogen-bond donors (Lipinski definition) is 1. The van der Waals surface area contributed by atoms with Gasteiger partial charge >= 0.3 is 0 Å². The van der Waals surface area contributed by atoms with Crippen LogP contribution in [0, 0.1) is 12.7 Å². The predicted octanol–water partition coefficient (Wildman–Crippen LogP) is 3.45. The molecule has 2 rings (SSSR count). The number of aryl methyl sites for hydroxylation is 1. The summed E-state index contributed by atoms with van der Waals surface area (Å²) < 4.78 is 13.2. The van der Waals surface area contributed by atoms with Crippen molar-refractivity contribution in [2.45, 2.75) is 19.3 Å². The second-order valence-electron chi connectivity index (χ2n) is 4.57. The van der Waals surface area contributed by atoms with E-state index in [1.807, 2.05) is 37.3 Å². The molecule has 1 atom stereocenters. The molecule has 1 nitrogen and oxygen atoms in total. The van der Waals surface area contributed by atoms with Crippen molar-refractivity contribution in [1.82, 2.24) is 0 Å². The van der Waals surface area contributed by atoms with Gasteiger partial charge in [-0.3, -0.25) is 0 Å². The first-order valence-corrected chi connectivity index (χ1v) is 6.11. The standard InChI is InChI=1S/C16H17FO/c1-12-7-8-16(17)10-14(12)9-15(11-18)13-5-3-2-4-6-13/h2-8,10,15,18H,9,11H2,1H3. The number of rotatable bonds is 4. The van der Waals surface area contributed by atoms with E-state index >= 15 is 0 Å². The van der Waals surface area contributed by atoms with E-state index in [0.29, 0.717) is 6.42 Å². The van der Waals surface area contributed by atoms with Crippen LogP contribution in [0.25, 0.3) is 0 Å². The Morgan fingerprint density at radius 1 is 1.11 bits per heavy atom. The van der Waals surface area contributed by atoms with Crippen LogP contribution < -0.4 is 0 Å². The van der Waals surface area contributed by atoms with Crippen molar-refractivity contribution < 1.29 is 9.50 Å². The van der Waals surface area contributed by atoms with E-state index in [9.17, 15) is 9.50 Å². The van der Waals surface area contributed by atoms with E-state index in [1.54, 1.807) is 12.1 Å². The summed E-state index contributed by atoms with van der Waals surface area (Å²) in [4.78, 5) is 0. The Balaban J connectivity index is 2.23. The second-order valence-corrected chi connectivity index (χ2v) is 4.57. The smallest absolute Gasteiger partial charge is 0.123 e. The first kappa shape index (κ1) is 12.8. The Morgan fingerprint density at radius 3 is 2.50 bits per heavy atom. The molecule has 0 aliphatic rings. The molecule has 0 aliphatic heterocycles. The molecule has 1 unspecified atom stereocenters. The first-order valence-electron chi connectivity index (χ1n) is 6.11. The Bertz CT molecular complexity index is 508. The van der Waals surface area contributed by atoms with Crippen molar-refractivity contribution in [3.63, 3.8) is 0 Å². The lowest BCUT2D eigenvalue weighted by molar-refractivity contribution is 0.264. The molecule has 0 aromatic heterocycles. The lowest BCUT2D eigenvalue weighted by Gasteiger charge is -2.16. The fourth-order valence-corrected chi connectivity index (χ4v) is 2.14. The summed E-state index contributed by atoms with van der Waals surface area (Å²) in [5.41, 5.74) is 3.10. The Hall–Kier alpha value is -1.67. The summed E-state index contributed by atoms with van der Waals surface area (Å²) in [6.45, 7) is 2.04. The summed E-state index contributed by atoms with van der Waals surface area (Å²) in [5.74, 6) is -0.202. The number of hydrogen-bond acceptors (Lipinski definition) is 1. The van der Waals surface area contributed by atoms with Crippen molar-refractivity contribution in [3.8, 4) is 0 Å². The van der Waals surface area contributed by atoms with Gasteiger partial charge < -0.3 is 5.11 Å². The summed E-state index contributed by atoms with van der Waals surface area (Å²) in [6, 6.07) is 14.7. The summed E-state index contributed by atoms with van der Waals surface area (Å²) in [5, 5.41) is 9.51. The average Bonchev–Trinajstić information content (AvgIpc) is 2.41. The molecule has 1 N–H and O–H groups in total. The third kappa shape index (κ3) is 2.96. The van der Waals surface area contributed by atoms with Crippen LogP contribution in [0.15, 0.2) is 48.5 Å². The molecule has 0 fully saturated rings. The highest BCUT2D eigenvalue weighted by Crippen LogP contribution is 2.22. The van der Waals surface area contributed by atoms with Crippen molar-refractivity contribution >= 4 is 0 Å². The molecule has 0 spiro atoms. The lowest BCUT2D eigenvalue weighted by Crippen LogP contribution is -2.08. The molecule has 2 aromatic carbocycles. The van der Waals surface area contributed by atoms with Gasteiger partial charge in [-0.1, -0.05) is 36.4 Å². The third-order valence-corrected chi connectivity index (χ3v) is 3.27. The molecule has 0 bridgehead atoms. The van der Waals surface area contributed by atoms with Crippen LogP contribution in [0.1, 0.15) is 22.6 Å². The topological polar surface area (TPSA) is 20.2 Å². The second kappa shape index (κ2) is 5.78. The molecule has 94 valence electrons. The quantitative estimate of drug-likeness (QED) is 0.873. The molecule has 2 heteroatoms. The molecular formula is C16H17FO. The van der Waals surface area contributed by atoms with Crippen molar-refractivity contribution in [1.29, 1.82) is 0 Å². The van der Waals surface area contributed by atoms with Crippen LogP contribution in [-0.2, 0) is 6.42 Å². The SMILES string of the molecule is Cc1ccc(F)cc1CC(CO)c1ccccc1. The van der Waals surface area contributed by atoms with Gasteiger partial charge in [-0.2, -0.15) is 0 Å². The largest absolute Gasteiger partial charge is 0.396 e. The Kier molecular flexibility index (Phi) is 4.11. The molecule has 0 saturated carbocycles. The highest BCUT2D eigenvalue weighted by molar-refractivity contribution is 5.30. The van der Waals surface area contributed by atoms with Gasteiger partial charge in [-0.25, -0.2) is 4.39 Å². The summed E-state index contributed by atoms with van der Waals surface area (Å²) in [7, 11) is 0. The van der Waals surface area contributed by atoms with Gasteiger partial charge in [-0.05, 0) is 42.2 Å². The molecule has 0 radical (unpaired) electrons. The van der Waals surface area contributed by atoms with Crippen LogP contribution in [0.3, 0.4) is 0 Å². The highest BCUT2D eigenvalue weighted by atomic mass is 19.1. The zero-order valence-corrected chi connectivity index (χ0v) is 10.4.